The highest BCUT2D eigenvalue weighted by Crippen LogP contribution is 2.31. The first-order valence-electron chi connectivity index (χ1n) is 7.57. The van der Waals surface area contributed by atoms with Crippen molar-refractivity contribution >= 4 is 17.5 Å². The van der Waals surface area contributed by atoms with Gasteiger partial charge in [-0.15, -0.1) is 0 Å². The van der Waals surface area contributed by atoms with E-state index >= 15 is 0 Å². The lowest BCUT2D eigenvalue weighted by Crippen LogP contribution is -2.47. The Morgan fingerprint density at radius 1 is 1.33 bits per heavy atom. The highest BCUT2D eigenvalue weighted by Gasteiger charge is 2.35. The van der Waals surface area contributed by atoms with Crippen molar-refractivity contribution in [1.82, 2.24) is 4.90 Å². The Balaban J connectivity index is 1.71. The molecule has 2 N–H and O–H groups in total. The summed E-state index contributed by atoms with van der Waals surface area (Å²) in [6.45, 7) is 1.75. The number of carbonyl (C=O) groups is 1. The molecule has 2 fully saturated rings. The quantitative estimate of drug-likeness (QED) is 0.912. The molecule has 1 aliphatic carbocycles. The summed E-state index contributed by atoms with van der Waals surface area (Å²) in [6, 6.07) is 7.67. The van der Waals surface area contributed by atoms with E-state index in [1.807, 2.05) is 29.2 Å². The van der Waals surface area contributed by atoms with Crippen molar-refractivity contribution in [2.75, 3.05) is 19.7 Å². The van der Waals surface area contributed by atoms with E-state index in [2.05, 4.69) is 0 Å². The van der Waals surface area contributed by atoms with Gasteiger partial charge < -0.3 is 15.4 Å². The summed E-state index contributed by atoms with van der Waals surface area (Å²) in [5.41, 5.74) is 7.01. The van der Waals surface area contributed by atoms with E-state index < -0.39 is 0 Å². The minimum Gasteiger partial charge on any atom is -0.370 e. The van der Waals surface area contributed by atoms with Crippen molar-refractivity contribution < 1.29 is 9.53 Å². The smallest absolute Gasteiger partial charge is 0.227 e. The van der Waals surface area contributed by atoms with Crippen LogP contribution in [0.3, 0.4) is 0 Å². The van der Waals surface area contributed by atoms with E-state index in [4.69, 9.17) is 22.1 Å². The zero-order valence-corrected chi connectivity index (χ0v) is 12.8. The molecule has 114 valence electrons. The van der Waals surface area contributed by atoms with E-state index in [0.29, 0.717) is 24.7 Å². The van der Waals surface area contributed by atoms with Crippen LogP contribution in [0.1, 0.15) is 30.9 Å². The number of nitrogens with zero attached hydrogens (tertiary/aromatic N) is 1. The van der Waals surface area contributed by atoms with E-state index in [1.54, 1.807) is 0 Å². The molecule has 1 saturated carbocycles. The summed E-state index contributed by atoms with van der Waals surface area (Å²) < 4.78 is 5.81. The molecule has 1 aromatic rings. The van der Waals surface area contributed by atoms with Gasteiger partial charge in [-0.3, -0.25) is 4.79 Å². The molecule has 4 nitrogen and oxygen atoms in total. The van der Waals surface area contributed by atoms with Crippen LogP contribution < -0.4 is 5.73 Å². The van der Waals surface area contributed by atoms with Crippen molar-refractivity contribution in [2.45, 2.75) is 31.4 Å². The molecule has 21 heavy (non-hydrogen) atoms. The lowest BCUT2D eigenvalue weighted by atomic mass is 10.0. The van der Waals surface area contributed by atoms with E-state index in [-0.39, 0.29) is 24.0 Å². The third kappa shape index (κ3) is 3.07. The third-order valence-corrected chi connectivity index (χ3v) is 4.86. The van der Waals surface area contributed by atoms with Crippen LogP contribution in [0, 0.1) is 5.92 Å². The number of halogens is 1. The van der Waals surface area contributed by atoms with Gasteiger partial charge in [0.15, 0.2) is 0 Å². The molecular weight excluding hydrogens is 288 g/mol. The van der Waals surface area contributed by atoms with Gasteiger partial charge in [-0.2, -0.15) is 0 Å². The van der Waals surface area contributed by atoms with Crippen molar-refractivity contribution in [1.29, 1.82) is 0 Å². The van der Waals surface area contributed by atoms with E-state index in [1.165, 1.54) is 0 Å². The monoisotopic (exact) mass is 308 g/mol. The van der Waals surface area contributed by atoms with Crippen LogP contribution in [-0.4, -0.2) is 36.5 Å². The second-order valence-electron chi connectivity index (χ2n) is 5.87. The Morgan fingerprint density at radius 2 is 2.14 bits per heavy atom. The van der Waals surface area contributed by atoms with Crippen LogP contribution in [0.4, 0.5) is 0 Å². The molecule has 5 heteroatoms. The van der Waals surface area contributed by atoms with Gasteiger partial charge in [0.2, 0.25) is 5.91 Å². The number of carbonyl (C=O) groups excluding carboxylic acids is 1. The molecule has 2 aliphatic rings. The first-order valence-corrected chi connectivity index (χ1v) is 7.95. The summed E-state index contributed by atoms with van der Waals surface area (Å²) in [4.78, 5) is 14.5. The van der Waals surface area contributed by atoms with Gasteiger partial charge in [0.05, 0.1) is 19.1 Å². The number of morpholine rings is 1. The number of ether oxygens (including phenoxy) is 1. The number of benzene rings is 1. The Morgan fingerprint density at radius 3 is 2.86 bits per heavy atom. The number of hydrogen-bond donors (Lipinski definition) is 1. The summed E-state index contributed by atoms with van der Waals surface area (Å²) in [5.74, 6) is 0.162. The van der Waals surface area contributed by atoms with Gasteiger partial charge in [0.1, 0.15) is 6.10 Å². The van der Waals surface area contributed by atoms with Crippen LogP contribution in [0.25, 0.3) is 0 Å². The predicted octanol–water partition coefficient (Wildman–Crippen LogP) is 2.37. The Hall–Kier alpha value is -1.10. The minimum absolute atomic E-state index is 0.0131. The molecule has 0 radical (unpaired) electrons. The normalized spacial score (nSPS) is 29.6. The Labute approximate surface area is 130 Å². The molecule has 1 amide bonds. The summed E-state index contributed by atoms with van der Waals surface area (Å²) >= 11 is 6.23. The fourth-order valence-electron chi connectivity index (χ4n) is 3.30. The number of amides is 1. The second kappa shape index (κ2) is 6.34. The van der Waals surface area contributed by atoms with E-state index in [0.717, 1.165) is 24.8 Å². The number of hydrogen-bond acceptors (Lipinski definition) is 3. The van der Waals surface area contributed by atoms with E-state index in [9.17, 15) is 4.79 Å². The molecule has 3 atom stereocenters. The van der Waals surface area contributed by atoms with Crippen LogP contribution in [-0.2, 0) is 9.53 Å². The third-order valence-electron chi connectivity index (χ3n) is 4.52. The van der Waals surface area contributed by atoms with Gasteiger partial charge in [0, 0.05) is 23.2 Å². The molecule has 0 unspecified atom stereocenters. The maximum atomic E-state index is 12.6. The van der Waals surface area contributed by atoms with Crippen LogP contribution >= 0.6 is 11.6 Å². The topological polar surface area (TPSA) is 55.6 Å². The molecule has 0 spiro atoms. The molecule has 1 aliphatic heterocycles. The molecule has 3 rings (SSSR count). The first kappa shape index (κ1) is 14.8. The molecule has 0 bridgehead atoms. The SMILES string of the molecule is N[C@@H]1CCC[C@H]1C(=O)N1CCO[C@H](c2ccccc2Cl)C1. The summed E-state index contributed by atoms with van der Waals surface area (Å²) in [6.07, 6.45) is 2.77. The lowest BCUT2D eigenvalue weighted by molar-refractivity contribution is -0.143. The highest BCUT2D eigenvalue weighted by molar-refractivity contribution is 6.31. The fourth-order valence-corrected chi connectivity index (χ4v) is 3.56. The van der Waals surface area contributed by atoms with Crippen molar-refractivity contribution in [3.8, 4) is 0 Å². The second-order valence-corrected chi connectivity index (χ2v) is 6.27. The first-order chi connectivity index (χ1) is 10.2. The largest absolute Gasteiger partial charge is 0.370 e. The van der Waals surface area contributed by atoms with Crippen LogP contribution in [0.2, 0.25) is 5.02 Å². The van der Waals surface area contributed by atoms with Crippen LogP contribution in [0.15, 0.2) is 24.3 Å². The molecule has 0 aromatic heterocycles. The Bertz CT molecular complexity index is 523. The van der Waals surface area contributed by atoms with Crippen molar-refractivity contribution in [2.24, 2.45) is 11.7 Å². The van der Waals surface area contributed by atoms with Crippen LogP contribution in [0.5, 0.6) is 0 Å². The van der Waals surface area contributed by atoms with Gasteiger partial charge in [-0.1, -0.05) is 36.2 Å². The zero-order chi connectivity index (χ0) is 14.8. The number of nitrogens with two attached hydrogens (primary N) is 1. The van der Waals surface area contributed by atoms with Gasteiger partial charge in [-0.05, 0) is 18.9 Å². The van der Waals surface area contributed by atoms with Crippen molar-refractivity contribution in [3.63, 3.8) is 0 Å². The van der Waals surface area contributed by atoms with Gasteiger partial charge in [-0.25, -0.2) is 0 Å². The minimum atomic E-state index is -0.144. The highest BCUT2D eigenvalue weighted by atomic mass is 35.5. The van der Waals surface area contributed by atoms with Gasteiger partial charge >= 0.3 is 0 Å². The zero-order valence-electron chi connectivity index (χ0n) is 12.0. The maximum Gasteiger partial charge on any atom is 0.227 e. The molecule has 1 aromatic carbocycles. The average Bonchev–Trinajstić information content (AvgIpc) is 2.93. The molecule has 1 heterocycles. The van der Waals surface area contributed by atoms with Crippen molar-refractivity contribution in [3.05, 3.63) is 34.9 Å². The summed E-state index contributed by atoms with van der Waals surface area (Å²) in [7, 11) is 0. The maximum absolute atomic E-state index is 12.6. The lowest BCUT2D eigenvalue weighted by Gasteiger charge is -2.35. The standard InChI is InChI=1S/C16H21ClN2O2/c17-13-6-2-1-4-11(13)15-10-19(8-9-21-15)16(20)12-5-3-7-14(12)18/h1-2,4,6,12,14-15H,3,5,7-10,18H2/t12-,14-,15+/m1/s1. The fraction of sp³-hybridized carbons (Fsp3) is 0.562. The number of rotatable bonds is 2. The predicted molar refractivity (Wildman–Crippen MR) is 82.0 cm³/mol. The summed E-state index contributed by atoms with van der Waals surface area (Å²) in [5, 5.41) is 0.689. The Kier molecular flexibility index (Phi) is 4.48. The average molecular weight is 309 g/mol. The molecular formula is C16H21ClN2O2. The molecule has 1 saturated heterocycles. The van der Waals surface area contributed by atoms with Gasteiger partial charge in [0.25, 0.3) is 0 Å².